The van der Waals surface area contributed by atoms with Crippen molar-refractivity contribution in [1.29, 1.82) is 5.41 Å². The second kappa shape index (κ2) is 2.74. The Morgan fingerprint density at radius 3 is 2.82 bits per heavy atom. The second-order valence-electron chi connectivity index (χ2n) is 2.51. The lowest BCUT2D eigenvalue weighted by atomic mass is 10.3. The van der Waals surface area contributed by atoms with E-state index in [1.165, 1.54) is 0 Å². The van der Waals surface area contributed by atoms with Gasteiger partial charge in [0.05, 0.1) is 6.04 Å². The minimum Gasteiger partial charge on any atom is -0.386 e. The summed E-state index contributed by atoms with van der Waals surface area (Å²) in [5.41, 5.74) is 5.33. The first kappa shape index (κ1) is 7.78. The van der Waals surface area contributed by atoms with Crippen LogP contribution in [0.2, 0.25) is 0 Å². The highest BCUT2D eigenvalue weighted by Gasteiger charge is 2.08. The van der Waals surface area contributed by atoms with Gasteiger partial charge in [0.1, 0.15) is 11.7 Å². The Labute approximate surface area is 65.6 Å². The Morgan fingerprint density at radius 1 is 1.82 bits per heavy atom. The maximum atomic E-state index is 7.20. The molecule has 1 aromatic rings. The van der Waals surface area contributed by atoms with Crippen LogP contribution in [0.1, 0.15) is 18.8 Å². The van der Waals surface area contributed by atoms with Gasteiger partial charge in [0.15, 0.2) is 0 Å². The van der Waals surface area contributed by atoms with Crippen molar-refractivity contribution in [3.63, 3.8) is 0 Å². The molecule has 0 bridgehead atoms. The number of aromatic nitrogens is 2. The van der Waals surface area contributed by atoms with Crippen LogP contribution in [0.4, 0.5) is 0 Å². The maximum absolute atomic E-state index is 7.20. The lowest BCUT2D eigenvalue weighted by molar-refractivity contribution is 0.662. The SMILES string of the molecule is Cc1nccn1C(C)C(=N)N. The lowest BCUT2D eigenvalue weighted by Crippen LogP contribution is -2.23. The zero-order chi connectivity index (χ0) is 8.43. The molecule has 0 spiro atoms. The van der Waals surface area contributed by atoms with E-state index in [0.29, 0.717) is 0 Å². The van der Waals surface area contributed by atoms with Gasteiger partial charge in [-0.2, -0.15) is 0 Å². The highest BCUT2D eigenvalue weighted by Crippen LogP contribution is 2.06. The predicted octanol–water partition coefficient (Wildman–Crippen LogP) is 0.688. The molecule has 1 aromatic heterocycles. The molecule has 1 atom stereocenters. The Kier molecular flexibility index (Phi) is 1.94. The average molecular weight is 152 g/mol. The number of aryl methyl sites for hydroxylation is 1. The number of amidine groups is 1. The number of rotatable bonds is 2. The van der Waals surface area contributed by atoms with Crippen molar-refractivity contribution in [3.8, 4) is 0 Å². The molecule has 0 aliphatic heterocycles. The van der Waals surface area contributed by atoms with Crippen LogP contribution in [-0.4, -0.2) is 15.4 Å². The normalized spacial score (nSPS) is 12.9. The Hall–Kier alpha value is -1.32. The van der Waals surface area contributed by atoms with Gasteiger partial charge in [-0.3, -0.25) is 5.41 Å². The van der Waals surface area contributed by atoms with Crippen molar-refractivity contribution in [2.45, 2.75) is 19.9 Å². The first-order valence-corrected chi connectivity index (χ1v) is 3.46. The molecule has 0 fully saturated rings. The van der Waals surface area contributed by atoms with Gasteiger partial charge < -0.3 is 10.3 Å². The Balaban J connectivity index is 2.92. The minimum atomic E-state index is -0.0856. The molecule has 0 saturated carbocycles. The predicted molar refractivity (Wildman–Crippen MR) is 43.6 cm³/mol. The van der Waals surface area contributed by atoms with Gasteiger partial charge in [-0.1, -0.05) is 0 Å². The van der Waals surface area contributed by atoms with E-state index in [4.69, 9.17) is 11.1 Å². The highest BCUT2D eigenvalue weighted by atomic mass is 15.1. The van der Waals surface area contributed by atoms with Crippen molar-refractivity contribution in [2.75, 3.05) is 0 Å². The van der Waals surface area contributed by atoms with Crippen LogP contribution in [0.5, 0.6) is 0 Å². The summed E-state index contributed by atoms with van der Waals surface area (Å²) in [4.78, 5) is 4.03. The molecular formula is C7H12N4. The summed E-state index contributed by atoms with van der Waals surface area (Å²) in [6, 6.07) is -0.0856. The summed E-state index contributed by atoms with van der Waals surface area (Å²) >= 11 is 0. The number of nitrogens with one attached hydrogen (secondary N) is 1. The molecule has 0 aliphatic rings. The molecule has 4 nitrogen and oxygen atoms in total. The molecule has 0 aromatic carbocycles. The molecule has 60 valence electrons. The van der Waals surface area contributed by atoms with E-state index in [1.807, 2.05) is 24.6 Å². The zero-order valence-electron chi connectivity index (χ0n) is 6.70. The third kappa shape index (κ3) is 1.39. The van der Waals surface area contributed by atoms with Crippen LogP contribution < -0.4 is 5.73 Å². The van der Waals surface area contributed by atoms with Gasteiger partial charge in [0.2, 0.25) is 0 Å². The number of nitrogens with two attached hydrogens (primary N) is 1. The molecular weight excluding hydrogens is 140 g/mol. The molecule has 0 saturated heterocycles. The fourth-order valence-electron chi connectivity index (χ4n) is 0.947. The summed E-state index contributed by atoms with van der Waals surface area (Å²) < 4.78 is 1.86. The van der Waals surface area contributed by atoms with Gasteiger partial charge >= 0.3 is 0 Å². The number of nitrogens with zero attached hydrogens (tertiary/aromatic N) is 2. The minimum absolute atomic E-state index is 0.0856. The van der Waals surface area contributed by atoms with Gasteiger partial charge in [-0.25, -0.2) is 4.98 Å². The average Bonchev–Trinajstić information content (AvgIpc) is 2.33. The summed E-state index contributed by atoms with van der Waals surface area (Å²) in [5.74, 6) is 1.04. The number of imidazole rings is 1. The fraction of sp³-hybridized carbons (Fsp3) is 0.429. The largest absolute Gasteiger partial charge is 0.386 e. The van der Waals surface area contributed by atoms with Crippen LogP contribution in [0.3, 0.4) is 0 Å². The summed E-state index contributed by atoms with van der Waals surface area (Å²) in [6.45, 7) is 3.76. The first-order valence-electron chi connectivity index (χ1n) is 3.46. The van der Waals surface area contributed by atoms with E-state index in [0.717, 1.165) is 5.82 Å². The van der Waals surface area contributed by atoms with Gasteiger partial charge in [-0.15, -0.1) is 0 Å². The van der Waals surface area contributed by atoms with E-state index in [2.05, 4.69) is 4.98 Å². The van der Waals surface area contributed by atoms with Crippen molar-refractivity contribution >= 4 is 5.84 Å². The van der Waals surface area contributed by atoms with Crippen molar-refractivity contribution in [2.24, 2.45) is 5.73 Å². The third-order valence-electron chi connectivity index (χ3n) is 1.73. The van der Waals surface area contributed by atoms with E-state index < -0.39 is 0 Å². The lowest BCUT2D eigenvalue weighted by Gasteiger charge is -2.12. The van der Waals surface area contributed by atoms with Crippen LogP contribution in [-0.2, 0) is 0 Å². The molecule has 1 heterocycles. The summed E-state index contributed by atoms with van der Waals surface area (Å²) in [7, 11) is 0. The monoisotopic (exact) mass is 152 g/mol. The third-order valence-corrected chi connectivity index (χ3v) is 1.73. The van der Waals surface area contributed by atoms with Crippen molar-refractivity contribution in [1.82, 2.24) is 9.55 Å². The van der Waals surface area contributed by atoms with E-state index in [9.17, 15) is 0 Å². The molecule has 4 heteroatoms. The van der Waals surface area contributed by atoms with E-state index in [1.54, 1.807) is 6.20 Å². The molecule has 3 N–H and O–H groups in total. The molecule has 11 heavy (non-hydrogen) atoms. The summed E-state index contributed by atoms with van der Waals surface area (Å²) in [6.07, 6.45) is 3.52. The molecule has 1 unspecified atom stereocenters. The topological polar surface area (TPSA) is 67.7 Å². The molecule has 1 rings (SSSR count). The fourth-order valence-corrected chi connectivity index (χ4v) is 0.947. The second-order valence-corrected chi connectivity index (χ2v) is 2.51. The molecule has 0 radical (unpaired) electrons. The van der Waals surface area contributed by atoms with Gasteiger partial charge in [-0.05, 0) is 13.8 Å². The molecule has 0 aliphatic carbocycles. The number of hydrogen-bond acceptors (Lipinski definition) is 2. The first-order chi connectivity index (χ1) is 5.13. The summed E-state index contributed by atoms with van der Waals surface area (Å²) in [5, 5.41) is 7.20. The van der Waals surface area contributed by atoms with Crippen LogP contribution >= 0.6 is 0 Å². The van der Waals surface area contributed by atoms with Crippen LogP contribution in [0.15, 0.2) is 12.4 Å². The zero-order valence-corrected chi connectivity index (χ0v) is 6.70. The highest BCUT2D eigenvalue weighted by molar-refractivity contribution is 5.80. The Morgan fingerprint density at radius 2 is 2.45 bits per heavy atom. The van der Waals surface area contributed by atoms with Crippen LogP contribution in [0, 0.1) is 12.3 Å². The van der Waals surface area contributed by atoms with Gasteiger partial charge in [0, 0.05) is 12.4 Å². The quantitative estimate of drug-likeness (QED) is 0.483. The van der Waals surface area contributed by atoms with Gasteiger partial charge in [0.25, 0.3) is 0 Å². The van der Waals surface area contributed by atoms with Crippen molar-refractivity contribution < 1.29 is 0 Å². The Bertz CT molecular complexity index is 263. The molecule has 0 amide bonds. The maximum Gasteiger partial charge on any atom is 0.114 e. The van der Waals surface area contributed by atoms with Crippen LogP contribution in [0.25, 0.3) is 0 Å². The smallest absolute Gasteiger partial charge is 0.114 e. The standard InChI is InChI=1S/C7H12N4/c1-5(7(8)9)11-4-3-10-6(11)2/h3-5H,1-2H3,(H3,8,9). The number of hydrogen-bond donors (Lipinski definition) is 2. The van der Waals surface area contributed by atoms with Crippen molar-refractivity contribution in [3.05, 3.63) is 18.2 Å². The van der Waals surface area contributed by atoms with E-state index in [-0.39, 0.29) is 11.9 Å². The van der Waals surface area contributed by atoms with E-state index >= 15 is 0 Å².